The predicted molar refractivity (Wildman–Crippen MR) is 113 cm³/mol. The van der Waals surface area contributed by atoms with E-state index in [1.165, 1.54) is 24.3 Å². The molecule has 2 aromatic rings. The molecule has 1 amide bonds. The molecule has 0 saturated carbocycles. The van der Waals surface area contributed by atoms with Gasteiger partial charge in [0.1, 0.15) is 0 Å². The average molecular weight is 419 g/mol. The van der Waals surface area contributed by atoms with Crippen molar-refractivity contribution in [1.29, 1.82) is 0 Å². The van der Waals surface area contributed by atoms with E-state index in [2.05, 4.69) is 31.0 Å². The van der Waals surface area contributed by atoms with Crippen LogP contribution in [0.2, 0.25) is 0 Å². The highest BCUT2D eigenvalue weighted by molar-refractivity contribution is 7.90. The first kappa shape index (κ1) is 22.4. The molecule has 7 nitrogen and oxygen atoms in total. The highest BCUT2D eigenvalue weighted by Gasteiger charge is 2.20. The molecule has 2 aromatic carbocycles. The number of anilines is 2. The number of nitrogens with one attached hydrogen (secondary N) is 1. The van der Waals surface area contributed by atoms with Gasteiger partial charge in [-0.2, -0.15) is 0 Å². The number of rotatable bonds is 8. The van der Waals surface area contributed by atoms with Crippen molar-refractivity contribution in [2.24, 2.45) is 0 Å². The molecule has 8 heteroatoms. The molecule has 0 fully saturated rings. The fraction of sp³-hybridized carbons (Fsp3) is 0.333. The zero-order chi connectivity index (χ0) is 21.6. The molecule has 156 valence electrons. The van der Waals surface area contributed by atoms with E-state index in [1.807, 2.05) is 12.1 Å². The van der Waals surface area contributed by atoms with E-state index < -0.39 is 28.3 Å². The second-order valence-corrected chi connectivity index (χ2v) is 8.80. The predicted octanol–water partition coefficient (Wildman–Crippen LogP) is 3.12. The number of nitrogens with zero attached hydrogens (tertiary/aromatic N) is 1. The minimum Gasteiger partial charge on any atom is -0.452 e. The third kappa shape index (κ3) is 6.05. The summed E-state index contributed by atoms with van der Waals surface area (Å²) in [7, 11) is -3.59. The van der Waals surface area contributed by atoms with Gasteiger partial charge in [-0.25, -0.2) is 13.2 Å². The summed E-state index contributed by atoms with van der Waals surface area (Å²) in [6.07, 6.45) is 1.01. The van der Waals surface area contributed by atoms with Gasteiger partial charge in [0.2, 0.25) is 0 Å². The summed E-state index contributed by atoms with van der Waals surface area (Å²) in [5, 5.41) is 2.65. The maximum atomic E-state index is 12.2. The van der Waals surface area contributed by atoms with Crippen molar-refractivity contribution in [1.82, 2.24) is 0 Å². The lowest BCUT2D eigenvalue weighted by Crippen LogP contribution is -2.30. The van der Waals surface area contributed by atoms with E-state index in [0.29, 0.717) is 11.7 Å². The van der Waals surface area contributed by atoms with Crippen molar-refractivity contribution in [2.45, 2.75) is 31.7 Å². The number of ether oxygens (including phenoxy) is 1. The summed E-state index contributed by atoms with van der Waals surface area (Å²) in [6, 6.07) is 13.5. The maximum absolute atomic E-state index is 12.2. The first-order valence-corrected chi connectivity index (χ1v) is 11.2. The summed E-state index contributed by atoms with van der Waals surface area (Å²) >= 11 is 0. The van der Waals surface area contributed by atoms with Gasteiger partial charge in [0.25, 0.3) is 5.91 Å². The standard InChI is InChI=1S/C21H26N2O5S/c1-5-23(15(2)3)17-12-10-16(11-13-17)22-20(24)14-28-21(25)18-8-6-7-9-19(18)29(4,26)27/h6-13,15H,5,14H2,1-4H3,(H,22,24). The first-order valence-electron chi connectivity index (χ1n) is 9.26. The number of benzene rings is 2. The highest BCUT2D eigenvalue weighted by Crippen LogP contribution is 2.20. The van der Waals surface area contributed by atoms with Crippen LogP contribution in [0.4, 0.5) is 11.4 Å². The van der Waals surface area contributed by atoms with Gasteiger partial charge in [0.15, 0.2) is 16.4 Å². The van der Waals surface area contributed by atoms with Crippen LogP contribution in [0.25, 0.3) is 0 Å². The molecule has 0 atom stereocenters. The SMILES string of the molecule is CCN(c1ccc(NC(=O)COC(=O)c2ccccc2S(C)(=O)=O)cc1)C(C)C. The molecule has 29 heavy (non-hydrogen) atoms. The average Bonchev–Trinajstić information content (AvgIpc) is 2.67. The van der Waals surface area contributed by atoms with E-state index in [0.717, 1.165) is 18.5 Å². The summed E-state index contributed by atoms with van der Waals surface area (Å²) < 4.78 is 28.6. The minimum atomic E-state index is -3.59. The van der Waals surface area contributed by atoms with Gasteiger partial charge in [-0.15, -0.1) is 0 Å². The molecule has 0 heterocycles. The van der Waals surface area contributed by atoms with Gasteiger partial charge in [-0.05, 0) is 57.2 Å². The second kappa shape index (κ2) is 9.56. The smallest absolute Gasteiger partial charge is 0.339 e. The van der Waals surface area contributed by atoms with Crippen LogP contribution >= 0.6 is 0 Å². The molecule has 0 aromatic heterocycles. The number of hydrogen-bond donors (Lipinski definition) is 1. The first-order chi connectivity index (χ1) is 13.6. The van der Waals surface area contributed by atoms with Crippen LogP contribution in [0.3, 0.4) is 0 Å². The quantitative estimate of drug-likeness (QED) is 0.662. The fourth-order valence-corrected chi connectivity index (χ4v) is 3.82. The van der Waals surface area contributed by atoms with Crippen molar-refractivity contribution >= 4 is 33.1 Å². The van der Waals surface area contributed by atoms with Crippen LogP contribution in [0.1, 0.15) is 31.1 Å². The van der Waals surface area contributed by atoms with Crippen molar-refractivity contribution in [3.05, 3.63) is 54.1 Å². The van der Waals surface area contributed by atoms with Crippen LogP contribution < -0.4 is 10.2 Å². The van der Waals surface area contributed by atoms with E-state index in [-0.39, 0.29) is 10.5 Å². The van der Waals surface area contributed by atoms with Crippen molar-refractivity contribution < 1.29 is 22.7 Å². The van der Waals surface area contributed by atoms with Crippen molar-refractivity contribution in [3.63, 3.8) is 0 Å². The van der Waals surface area contributed by atoms with Crippen LogP contribution in [0, 0.1) is 0 Å². The van der Waals surface area contributed by atoms with Gasteiger partial charge in [0.05, 0.1) is 10.5 Å². The molecule has 0 saturated heterocycles. The van der Waals surface area contributed by atoms with E-state index in [4.69, 9.17) is 4.74 Å². The number of esters is 1. The zero-order valence-corrected chi connectivity index (χ0v) is 17.8. The summed E-state index contributed by atoms with van der Waals surface area (Å²) in [5.74, 6) is -1.38. The lowest BCUT2D eigenvalue weighted by atomic mass is 10.2. The third-order valence-corrected chi connectivity index (χ3v) is 5.44. The Bertz CT molecular complexity index is 969. The molecule has 0 spiro atoms. The van der Waals surface area contributed by atoms with Gasteiger partial charge in [0, 0.05) is 30.2 Å². The number of carbonyl (C=O) groups is 2. The molecule has 0 aliphatic rings. The normalized spacial score (nSPS) is 11.2. The Kier molecular flexibility index (Phi) is 7.39. The second-order valence-electron chi connectivity index (χ2n) is 6.82. The largest absolute Gasteiger partial charge is 0.452 e. The minimum absolute atomic E-state index is 0.0968. The van der Waals surface area contributed by atoms with Gasteiger partial charge in [-0.1, -0.05) is 12.1 Å². The topological polar surface area (TPSA) is 92.8 Å². The molecule has 0 radical (unpaired) electrons. The lowest BCUT2D eigenvalue weighted by molar-refractivity contribution is -0.119. The number of hydrogen-bond acceptors (Lipinski definition) is 6. The molecule has 0 aliphatic carbocycles. The summed E-state index contributed by atoms with van der Waals surface area (Å²) in [6.45, 7) is 6.64. The zero-order valence-electron chi connectivity index (χ0n) is 17.0. The molecule has 1 N–H and O–H groups in total. The number of carbonyl (C=O) groups excluding carboxylic acids is 2. The lowest BCUT2D eigenvalue weighted by Gasteiger charge is -2.27. The fourth-order valence-electron chi connectivity index (χ4n) is 2.95. The number of amides is 1. The highest BCUT2D eigenvalue weighted by atomic mass is 32.2. The van der Waals surface area contributed by atoms with Gasteiger partial charge < -0.3 is 15.0 Å². The Morgan fingerprint density at radius 1 is 1.07 bits per heavy atom. The summed E-state index contributed by atoms with van der Waals surface area (Å²) in [5.41, 5.74) is 1.52. The van der Waals surface area contributed by atoms with Gasteiger partial charge in [-0.3, -0.25) is 4.79 Å². The van der Waals surface area contributed by atoms with Crippen LogP contribution in [0.15, 0.2) is 53.4 Å². The maximum Gasteiger partial charge on any atom is 0.339 e. The van der Waals surface area contributed by atoms with Crippen LogP contribution in [-0.2, 0) is 19.4 Å². The molecule has 0 aliphatic heterocycles. The van der Waals surface area contributed by atoms with Crippen LogP contribution in [-0.4, -0.2) is 45.7 Å². The van der Waals surface area contributed by atoms with Crippen molar-refractivity contribution in [2.75, 3.05) is 29.6 Å². The Hall–Kier alpha value is -2.87. The summed E-state index contributed by atoms with van der Waals surface area (Å²) in [4.78, 5) is 26.4. The number of sulfone groups is 1. The monoisotopic (exact) mass is 418 g/mol. The molecular weight excluding hydrogens is 392 g/mol. The molecule has 2 rings (SSSR count). The Balaban J connectivity index is 1.98. The Morgan fingerprint density at radius 2 is 1.69 bits per heavy atom. The Morgan fingerprint density at radius 3 is 2.24 bits per heavy atom. The third-order valence-electron chi connectivity index (χ3n) is 4.29. The van der Waals surface area contributed by atoms with E-state index in [1.54, 1.807) is 12.1 Å². The molecule has 0 unspecified atom stereocenters. The van der Waals surface area contributed by atoms with Crippen LogP contribution in [0.5, 0.6) is 0 Å². The molecule has 0 bridgehead atoms. The van der Waals surface area contributed by atoms with E-state index in [9.17, 15) is 18.0 Å². The molecular formula is C21H26N2O5S. The van der Waals surface area contributed by atoms with E-state index >= 15 is 0 Å². The van der Waals surface area contributed by atoms with Crippen molar-refractivity contribution in [3.8, 4) is 0 Å². The Labute approximate surface area is 171 Å². The van der Waals surface area contributed by atoms with Gasteiger partial charge >= 0.3 is 5.97 Å².